The van der Waals surface area contributed by atoms with Crippen LogP contribution in [0.3, 0.4) is 0 Å². The molecule has 0 saturated carbocycles. The monoisotopic (exact) mass is 269 g/mol. The fourth-order valence-electron chi connectivity index (χ4n) is 1.42. The lowest BCUT2D eigenvalue weighted by Crippen LogP contribution is -2.29. The third-order valence-electron chi connectivity index (χ3n) is 2.38. The summed E-state index contributed by atoms with van der Waals surface area (Å²) in [6, 6.07) is 4.20. The average molecular weight is 270 g/mol. The van der Waals surface area contributed by atoms with Gasteiger partial charge in [-0.25, -0.2) is 4.39 Å². The van der Waals surface area contributed by atoms with Crippen molar-refractivity contribution in [2.24, 2.45) is 5.73 Å². The van der Waals surface area contributed by atoms with E-state index in [1.807, 2.05) is 0 Å². The first-order valence-corrected chi connectivity index (χ1v) is 5.80. The highest BCUT2D eigenvalue weighted by atomic mass is 35.5. The number of nitrogens with two attached hydrogens (primary N) is 1. The molecular formula is C12H13ClFN3O. The lowest BCUT2D eigenvalue weighted by atomic mass is 10.1. The molecule has 0 aliphatic rings. The van der Waals surface area contributed by atoms with Gasteiger partial charge in [0.05, 0.1) is 5.54 Å². The first-order chi connectivity index (χ1) is 8.36. The standard InChI is InChI=1S/C12H13ClFN3O/c1-12(2,15)11-16-10(17-18-11)5-7-3-4-8(14)6-9(7)13/h3-4,6H,5,15H2,1-2H3. The van der Waals surface area contributed by atoms with Gasteiger partial charge in [-0.2, -0.15) is 4.98 Å². The maximum atomic E-state index is 12.9. The zero-order valence-electron chi connectivity index (χ0n) is 10.1. The minimum atomic E-state index is -0.683. The van der Waals surface area contributed by atoms with Gasteiger partial charge in [-0.3, -0.25) is 0 Å². The van der Waals surface area contributed by atoms with Gasteiger partial charge in [0.25, 0.3) is 0 Å². The summed E-state index contributed by atoms with van der Waals surface area (Å²) < 4.78 is 18.0. The van der Waals surface area contributed by atoms with Crippen LogP contribution in [0.5, 0.6) is 0 Å². The van der Waals surface area contributed by atoms with Crippen molar-refractivity contribution in [3.63, 3.8) is 0 Å². The second-order valence-electron chi connectivity index (χ2n) is 4.65. The second-order valence-corrected chi connectivity index (χ2v) is 5.06. The van der Waals surface area contributed by atoms with Crippen molar-refractivity contribution in [1.29, 1.82) is 0 Å². The minimum Gasteiger partial charge on any atom is -0.337 e. The smallest absolute Gasteiger partial charge is 0.246 e. The Kier molecular flexibility index (Phi) is 3.36. The molecule has 0 fully saturated rings. The van der Waals surface area contributed by atoms with Crippen LogP contribution in [-0.2, 0) is 12.0 Å². The van der Waals surface area contributed by atoms with Gasteiger partial charge in [0.1, 0.15) is 5.82 Å². The Labute approximate surface area is 109 Å². The normalized spacial score (nSPS) is 11.8. The van der Waals surface area contributed by atoms with Crippen molar-refractivity contribution >= 4 is 11.6 Å². The number of benzene rings is 1. The number of halogens is 2. The van der Waals surface area contributed by atoms with Crippen molar-refractivity contribution in [1.82, 2.24) is 10.1 Å². The van der Waals surface area contributed by atoms with E-state index >= 15 is 0 Å². The van der Waals surface area contributed by atoms with Gasteiger partial charge in [-0.05, 0) is 31.5 Å². The molecule has 18 heavy (non-hydrogen) atoms. The molecule has 2 N–H and O–H groups in total. The molecule has 0 aliphatic heterocycles. The molecule has 0 radical (unpaired) electrons. The van der Waals surface area contributed by atoms with Gasteiger partial charge in [0.2, 0.25) is 5.89 Å². The van der Waals surface area contributed by atoms with E-state index in [9.17, 15) is 4.39 Å². The van der Waals surface area contributed by atoms with Crippen LogP contribution in [0.1, 0.15) is 31.1 Å². The van der Waals surface area contributed by atoms with E-state index in [2.05, 4.69) is 10.1 Å². The molecule has 1 aromatic heterocycles. The van der Waals surface area contributed by atoms with E-state index in [4.69, 9.17) is 21.9 Å². The van der Waals surface area contributed by atoms with E-state index in [0.29, 0.717) is 23.2 Å². The van der Waals surface area contributed by atoms with E-state index in [-0.39, 0.29) is 5.82 Å². The van der Waals surface area contributed by atoms with E-state index in [1.54, 1.807) is 19.9 Å². The number of aromatic nitrogens is 2. The molecule has 96 valence electrons. The molecular weight excluding hydrogens is 257 g/mol. The van der Waals surface area contributed by atoms with Crippen LogP contribution in [-0.4, -0.2) is 10.1 Å². The Morgan fingerprint density at radius 1 is 1.44 bits per heavy atom. The third-order valence-corrected chi connectivity index (χ3v) is 2.73. The van der Waals surface area contributed by atoms with Crippen LogP contribution >= 0.6 is 11.6 Å². The number of nitrogens with zero attached hydrogens (tertiary/aromatic N) is 2. The third kappa shape index (κ3) is 2.86. The molecule has 1 heterocycles. The Morgan fingerprint density at radius 2 is 2.17 bits per heavy atom. The van der Waals surface area contributed by atoms with Crippen LogP contribution in [0.15, 0.2) is 22.7 Å². The molecule has 0 atom stereocenters. The van der Waals surface area contributed by atoms with Crippen molar-refractivity contribution < 1.29 is 8.91 Å². The Balaban J connectivity index is 2.21. The van der Waals surface area contributed by atoms with Crippen LogP contribution < -0.4 is 5.73 Å². The van der Waals surface area contributed by atoms with Gasteiger partial charge in [-0.1, -0.05) is 22.8 Å². The largest absolute Gasteiger partial charge is 0.337 e. The summed E-state index contributed by atoms with van der Waals surface area (Å²) >= 11 is 5.93. The van der Waals surface area contributed by atoms with Crippen molar-refractivity contribution in [3.05, 3.63) is 46.3 Å². The summed E-state index contributed by atoms with van der Waals surface area (Å²) in [6.07, 6.45) is 0.374. The molecule has 0 saturated heterocycles. The van der Waals surface area contributed by atoms with Gasteiger partial charge < -0.3 is 10.3 Å². The topological polar surface area (TPSA) is 64.9 Å². The molecule has 0 amide bonds. The first-order valence-electron chi connectivity index (χ1n) is 5.42. The maximum absolute atomic E-state index is 12.9. The van der Waals surface area contributed by atoms with Gasteiger partial charge in [0, 0.05) is 11.4 Å². The number of hydrogen-bond donors (Lipinski definition) is 1. The fourth-order valence-corrected chi connectivity index (χ4v) is 1.66. The molecule has 2 aromatic rings. The number of rotatable bonds is 3. The highest BCUT2D eigenvalue weighted by Crippen LogP contribution is 2.21. The Morgan fingerprint density at radius 3 is 2.72 bits per heavy atom. The lowest BCUT2D eigenvalue weighted by molar-refractivity contribution is 0.310. The summed E-state index contributed by atoms with van der Waals surface area (Å²) in [7, 11) is 0. The van der Waals surface area contributed by atoms with E-state index < -0.39 is 5.54 Å². The molecule has 0 spiro atoms. The first kappa shape index (κ1) is 13.0. The fraction of sp³-hybridized carbons (Fsp3) is 0.333. The molecule has 4 nitrogen and oxygen atoms in total. The second kappa shape index (κ2) is 4.66. The maximum Gasteiger partial charge on any atom is 0.246 e. The quantitative estimate of drug-likeness (QED) is 0.930. The summed E-state index contributed by atoms with van der Waals surface area (Å²) in [6.45, 7) is 3.55. The molecule has 6 heteroatoms. The van der Waals surface area contributed by atoms with Crippen LogP contribution in [0.2, 0.25) is 5.02 Å². The molecule has 2 rings (SSSR count). The summed E-state index contributed by atoms with van der Waals surface area (Å²) in [5.74, 6) is 0.452. The molecule has 0 unspecified atom stereocenters. The van der Waals surface area contributed by atoms with Gasteiger partial charge in [-0.15, -0.1) is 0 Å². The van der Waals surface area contributed by atoms with E-state index in [1.165, 1.54) is 12.1 Å². The Hall–Kier alpha value is -1.46. The lowest BCUT2D eigenvalue weighted by Gasteiger charge is -2.10. The zero-order valence-corrected chi connectivity index (χ0v) is 10.8. The number of hydrogen-bond acceptors (Lipinski definition) is 4. The van der Waals surface area contributed by atoms with Gasteiger partial charge >= 0.3 is 0 Å². The summed E-state index contributed by atoms with van der Waals surface area (Å²) in [5, 5.41) is 4.16. The minimum absolute atomic E-state index is 0.341. The van der Waals surface area contributed by atoms with Gasteiger partial charge in [0.15, 0.2) is 5.82 Å². The van der Waals surface area contributed by atoms with Crippen molar-refractivity contribution in [2.45, 2.75) is 25.8 Å². The molecule has 0 bridgehead atoms. The van der Waals surface area contributed by atoms with E-state index in [0.717, 1.165) is 5.56 Å². The highest BCUT2D eigenvalue weighted by molar-refractivity contribution is 6.31. The van der Waals surface area contributed by atoms with Crippen LogP contribution in [0.4, 0.5) is 4.39 Å². The van der Waals surface area contributed by atoms with Crippen LogP contribution in [0, 0.1) is 5.82 Å². The van der Waals surface area contributed by atoms with Crippen molar-refractivity contribution in [2.75, 3.05) is 0 Å². The van der Waals surface area contributed by atoms with Crippen LogP contribution in [0.25, 0.3) is 0 Å². The highest BCUT2D eigenvalue weighted by Gasteiger charge is 2.22. The Bertz CT molecular complexity index is 563. The summed E-state index contributed by atoms with van der Waals surface area (Å²) in [5.41, 5.74) is 5.89. The molecule has 1 aromatic carbocycles. The molecule has 0 aliphatic carbocycles. The SMILES string of the molecule is CC(C)(N)c1nc(Cc2ccc(F)cc2Cl)no1. The predicted octanol–water partition coefficient (Wildman–Crippen LogP) is 2.65. The average Bonchev–Trinajstić information content (AvgIpc) is 2.70. The zero-order chi connectivity index (χ0) is 13.3. The predicted molar refractivity (Wildman–Crippen MR) is 65.7 cm³/mol. The van der Waals surface area contributed by atoms with Crippen molar-refractivity contribution in [3.8, 4) is 0 Å². The summed E-state index contributed by atoms with van der Waals surface area (Å²) in [4.78, 5) is 4.19.